The van der Waals surface area contributed by atoms with Gasteiger partial charge in [-0.25, -0.2) is 9.78 Å². The molecule has 174 valence electrons. The number of likely N-dealkylation sites (tertiary alicyclic amines) is 1. The lowest BCUT2D eigenvalue weighted by Crippen LogP contribution is -2.34. The van der Waals surface area contributed by atoms with E-state index in [1.165, 1.54) is 11.3 Å². The highest BCUT2D eigenvalue weighted by atomic mass is 32.1. The molecule has 34 heavy (non-hydrogen) atoms. The van der Waals surface area contributed by atoms with E-state index in [-0.39, 0.29) is 6.03 Å². The van der Waals surface area contributed by atoms with E-state index in [1.807, 2.05) is 23.1 Å². The van der Waals surface area contributed by atoms with E-state index in [4.69, 9.17) is 14.7 Å². The predicted molar refractivity (Wildman–Crippen MR) is 133 cm³/mol. The fraction of sp³-hybridized carbons (Fsp3) is 0.385. The summed E-state index contributed by atoms with van der Waals surface area (Å²) in [5.74, 6) is 0.859. The maximum absolute atomic E-state index is 13.0. The molecule has 0 radical (unpaired) electrons. The second-order valence-corrected chi connectivity index (χ2v) is 9.83. The Morgan fingerprint density at radius 3 is 2.47 bits per heavy atom. The number of nitrogens with one attached hydrogen (secondary N) is 1. The van der Waals surface area contributed by atoms with Crippen molar-refractivity contribution in [3.05, 3.63) is 53.3 Å². The van der Waals surface area contributed by atoms with Crippen LogP contribution in [0.25, 0.3) is 21.7 Å². The van der Waals surface area contributed by atoms with Gasteiger partial charge in [0.15, 0.2) is 5.13 Å². The lowest BCUT2D eigenvalue weighted by molar-refractivity contribution is 0.158. The molecule has 0 bridgehead atoms. The molecular weight excluding hydrogens is 446 g/mol. The number of hydrogen-bond acceptors (Lipinski definition) is 6. The summed E-state index contributed by atoms with van der Waals surface area (Å²) in [6.45, 7) is 7.09. The molecular formula is C26H27N5O2S. The Balaban J connectivity index is 1.51. The van der Waals surface area contributed by atoms with E-state index < -0.39 is 0 Å². The summed E-state index contributed by atoms with van der Waals surface area (Å²) < 4.78 is 5.53. The number of nitrogens with zero attached hydrogens (tertiary/aromatic N) is 4. The topological polar surface area (TPSA) is 91.1 Å². The van der Waals surface area contributed by atoms with Gasteiger partial charge >= 0.3 is 6.03 Å². The van der Waals surface area contributed by atoms with Crippen LogP contribution in [0.5, 0.6) is 0 Å². The molecule has 0 aliphatic carbocycles. The highest BCUT2D eigenvalue weighted by Crippen LogP contribution is 2.40. The van der Waals surface area contributed by atoms with Crippen LogP contribution in [0.2, 0.25) is 0 Å². The van der Waals surface area contributed by atoms with Crippen LogP contribution in [0.3, 0.4) is 0 Å². The van der Waals surface area contributed by atoms with Crippen molar-refractivity contribution >= 4 is 22.5 Å². The highest BCUT2D eigenvalue weighted by molar-refractivity contribution is 7.19. The summed E-state index contributed by atoms with van der Waals surface area (Å²) in [6, 6.07) is 13.7. The van der Waals surface area contributed by atoms with E-state index in [2.05, 4.69) is 37.4 Å². The summed E-state index contributed by atoms with van der Waals surface area (Å²) in [7, 11) is 0. The summed E-state index contributed by atoms with van der Waals surface area (Å²) in [5.41, 5.74) is 5.27. The highest BCUT2D eigenvalue weighted by Gasteiger charge is 2.39. The first-order chi connectivity index (χ1) is 16.6. The molecule has 2 aliphatic rings. The van der Waals surface area contributed by atoms with Gasteiger partial charge in [0.05, 0.1) is 35.4 Å². The number of anilines is 1. The van der Waals surface area contributed by atoms with E-state index >= 15 is 0 Å². The Hall–Kier alpha value is -3.28. The summed E-state index contributed by atoms with van der Waals surface area (Å²) in [5, 5.41) is 13.0. The van der Waals surface area contributed by atoms with Gasteiger partial charge in [0.1, 0.15) is 0 Å². The number of hydrogen-bond donors (Lipinski definition) is 1. The molecule has 1 N–H and O–H groups in total. The molecule has 2 saturated heterocycles. The molecule has 0 saturated carbocycles. The van der Waals surface area contributed by atoms with Gasteiger partial charge in [-0.1, -0.05) is 37.3 Å². The van der Waals surface area contributed by atoms with Crippen LogP contribution < -0.4 is 5.32 Å². The van der Waals surface area contributed by atoms with Gasteiger partial charge in [-0.05, 0) is 42.7 Å². The Morgan fingerprint density at radius 2 is 1.82 bits per heavy atom. The van der Waals surface area contributed by atoms with E-state index in [9.17, 15) is 10.1 Å². The second kappa shape index (κ2) is 9.53. The Labute approximate surface area is 203 Å². The number of carbonyl (C=O) groups is 1. The lowest BCUT2D eigenvalue weighted by Gasteiger charge is -2.16. The third-order valence-electron chi connectivity index (χ3n) is 6.55. The largest absolute Gasteiger partial charge is 0.381 e. The van der Waals surface area contributed by atoms with Crippen LogP contribution in [0.4, 0.5) is 9.93 Å². The third-order valence-corrected chi connectivity index (χ3v) is 7.57. The number of amides is 2. The first-order valence-electron chi connectivity index (χ1n) is 11.7. The predicted octanol–water partition coefficient (Wildman–Crippen LogP) is 4.98. The maximum Gasteiger partial charge on any atom is 0.323 e. The Kier molecular flexibility index (Phi) is 6.31. The van der Waals surface area contributed by atoms with Crippen LogP contribution in [0.1, 0.15) is 30.8 Å². The minimum Gasteiger partial charge on any atom is -0.381 e. The number of thiazole rings is 1. The van der Waals surface area contributed by atoms with Gasteiger partial charge in [0.2, 0.25) is 0 Å². The van der Waals surface area contributed by atoms with Crippen molar-refractivity contribution in [3.63, 3.8) is 0 Å². The molecule has 2 amide bonds. The third kappa shape index (κ3) is 4.41. The zero-order valence-electron chi connectivity index (χ0n) is 19.4. The van der Waals surface area contributed by atoms with Crippen molar-refractivity contribution < 1.29 is 9.53 Å². The number of pyridine rings is 1. The quantitative estimate of drug-likeness (QED) is 0.564. The van der Waals surface area contributed by atoms with Gasteiger partial charge in [0.25, 0.3) is 0 Å². The average Bonchev–Trinajstić information content (AvgIpc) is 3.59. The van der Waals surface area contributed by atoms with Gasteiger partial charge in [-0.15, -0.1) is 0 Å². The summed E-state index contributed by atoms with van der Waals surface area (Å²) in [4.78, 5) is 25.4. The average molecular weight is 474 g/mol. The summed E-state index contributed by atoms with van der Waals surface area (Å²) >= 11 is 1.46. The lowest BCUT2D eigenvalue weighted by atomic mass is 10.0. The van der Waals surface area contributed by atoms with Crippen molar-refractivity contribution in [2.75, 3.05) is 31.6 Å². The first kappa shape index (κ1) is 22.5. The standard InChI is InChI=1S/C26H27N5O2S/c1-3-21-9-18(10-22(4-2)28-21)24-23(17-7-5-6-16(8-17)11-27)29-25(34-24)30-26(32)31-12-19-14-33-15-20(19)13-31/h5-10,19-20H,3-4,12-15H2,1-2H3,(H,29,30,32)/t19-,20+. The number of aromatic nitrogens is 2. The van der Waals surface area contributed by atoms with Crippen LogP contribution in [0.15, 0.2) is 36.4 Å². The van der Waals surface area contributed by atoms with Crippen molar-refractivity contribution in [1.82, 2.24) is 14.9 Å². The van der Waals surface area contributed by atoms with Crippen LogP contribution >= 0.6 is 11.3 Å². The molecule has 0 unspecified atom stereocenters. The molecule has 8 heteroatoms. The first-order valence-corrected chi connectivity index (χ1v) is 12.5. The molecule has 1 aromatic carbocycles. The van der Waals surface area contributed by atoms with Gasteiger partial charge in [0, 0.05) is 41.9 Å². The van der Waals surface area contributed by atoms with Crippen LogP contribution in [0, 0.1) is 23.2 Å². The monoisotopic (exact) mass is 473 g/mol. The summed E-state index contributed by atoms with van der Waals surface area (Å²) in [6.07, 6.45) is 1.67. The van der Waals surface area contributed by atoms with Crippen molar-refractivity contribution in [1.29, 1.82) is 5.26 Å². The van der Waals surface area contributed by atoms with Gasteiger partial charge < -0.3 is 9.64 Å². The zero-order chi connectivity index (χ0) is 23.7. The minimum absolute atomic E-state index is 0.120. The van der Waals surface area contributed by atoms with Crippen LogP contribution in [-0.4, -0.2) is 47.2 Å². The van der Waals surface area contributed by atoms with E-state index in [1.54, 1.807) is 6.07 Å². The number of aryl methyl sites for hydroxylation is 2. The normalized spacial score (nSPS) is 19.1. The fourth-order valence-corrected chi connectivity index (χ4v) is 5.63. The van der Waals surface area contributed by atoms with Crippen molar-refractivity contribution in [2.45, 2.75) is 26.7 Å². The number of ether oxygens (including phenoxy) is 1. The molecule has 2 atom stereocenters. The minimum atomic E-state index is -0.120. The number of urea groups is 1. The van der Waals surface area contributed by atoms with Gasteiger partial charge in [-0.3, -0.25) is 10.3 Å². The molecule has 2 fully saturated rings. The van der Waals surface area contributed by atoms with Crippen molar-refractivity contribution in [3.8, 4) is 27.8 Å². The smallest absolute Gasteiger partial charge is 0.323 e. The molecule has 2 aliphatic heterocycles. The van der Waals surface area contributed by atoms with Crippen molar-refractivity contribution in [2.24, 2.45) is 11.8 Å². The number of rotatable bonds is 5. The molecule has 5 rings (SSSR count). The van der Waals surface area contributed by atoms with Crippen LogP contribution in [-0.2, 0) is 17.6 Å². The number of fused-ring (bicyclic) bond motifs is 1. The molecule has 2 aromatic heterocycles. The molecule has 3 aromatic rings. The Bertz CT molecular complexity index is 1230. The number of carbonyl (C=O) groups excluding carboxylic acids is 1. The fourth-order valence-electron chi connectivity index (χ4n) is 4.67. The zero-order valence-corrected chi connectivity index (χ0v) is 20.2. The second-order valence-electron chi connectivity index (χ2n) is 8.83. The molecule has 7 nitrogen and oxygen atoms in total. The number of nitriles is 1. The molecule has 0 spiro atoms. The van der Waals surface area contributed by atoms with E-state index in [0.717, 1.165) is 72.2 Å². The number of benzene rings is 1. The maximum atomic E-state index is 13.0. The van der Waals surface area contributed by atoms with Gasteiger partial charge in [-0.2, -0.15) is 5.26 Å². The van der Waals surface area contributed by atoms with E-state index in [0.29, 0.717) is 22.5 Å². The Morgan fingerprint density at radius 1 is 1.12 bits per heavy atom. The molecule has 4 heterocycles. The SMILES string of the molecule is CCc1cc(-c2sc(NC(=O)N3C[C@H]4COC[C@H]4C3)nc2-c2cccc(C#N)c2)cc(CC)n1.